The van der Waals surface area contributed by atoms with Crippen molar-refractivity contribution in [1.82, 2.24) is 0 Å². The molecule has 0 aliphatic heterocycles. The zero-order valence-electron chi connectivity index (χ0n) is 9.16. The Bertz CT molecular complexity index is 498. The number of alkyl halides is 2. The first-order valence-electron chi connectivity index (χ1n) is 6.37. The molecule has 2 nitrogen and oxygen atoms in total. The van der Waals surface area contributed by atoms with Crippen molar-refractivity contribution in [2.45, 2.75) is 6.42 Å². The first kappa shape index (κ1) is 10.1. The average Bonchev–Trinajstić information content (AvgIpc) is 2.82. The van der Waals surface area contributed by atoms with E-state index < -0.39 is 0 Å². The van der Waals surface area contributed by atoms with E-state index in [1.54, 1.807) is 0 Å². The van der Waals surface area contributed by atoms with Crippen molar-refractivity contribution in [3.63, 3.8) is 0 Å². The second kappa shape index (κ2) is 2.47. The largest absolute Gasteiger partial charge is 0.299 e. The van der Waals surface area contributed by atoms with Crippen LogP contribution in [0.4, 0.5) is 0 Å². The number of hydrogen-bond acceptors (Lipinski definition) is 2. The van der Waals surface area contributed by atoms with E-state index in [0.29, 0.717) is 45.9 Å². The lowest BCUT2D eigenvalue weighted by molar-refractivity contribution is -0.159. The number of carbonyl (C=O) groups is 2. The SMILES string of the molecule is O=C1C2C3C4CC5C(C(=O)C2(CBr)C53)C14CBr. The summed E-state index contributed by atoms with van der Waals surface area (Å²) in [7, 11) is 0. The van der Waals surface area contributed by atoms with E-state index in [1.165, 1.54) is 0 Å². The van der Waals surface area contributed by atoms with Gasteiger partial charge in [-0.15, -0.1) is 0 Å². The normalized spacial score (nSPS) is 68.4. The van der Waals surface area contributed by atoms with Gasteiger partial charge < -0.3 is 0 Å². The van der Waals surface area contributed by atoms with E-state index >= 15 is 0 Å². The van der Waals surface area contributed by atoms with Crippen LogP contribution in [-0.4, -0.2) is 22.2 Å². The second-order valence-corrected chi connectivity index (χ2v) is 7.76. The Morgan fingerprint density at radius 3 is 2.35 bits per heavy atom. The molecule has 5 aliphatic carbocycles. The Labute approximate surface area is 116 Å². The maximum absolute atomic E-state index is 12.8. The molecule has 4 heteroatoms. The lowest BCUT2D eigenvalue weighted by Crippen LogP contribution is -2.61. The molecule has 5 saturated carbocycles. The third-order valence-electron chi connectivity index (χ3n) is 6.97. The molecule has 0 aromatic carbocycles. The lowest BCUT2D eigenvalue weighted by atomic mass is 9.49. The Balaban J connectivity index is 1.85. The van der Waals surface area contributed by atoms with Crippen LogP contribution >= 0.6 is 31.9 Å². The smallest absolute Gasteiger partial charge is 0.145 e. The topological polar surface area (TPSA) is 34.1 Å². The number of fused-ring (bicyclic) bond motifs is 2. The highest BCUT2D eigenvalue weighted by Gasteiger charge is 2.93. The summed E-state index contributed by atoms with van der Waals surface area (Å²) in [6, 6.07) is 0. The lowest BCUT2D eigenvalue weighted by Gasteiger charge is -2.53. The molecule has 5 fully saturated rings. The van der Waals surface area contributed by atoms with Crippen LogP contribution in [0.3, 0.4) is 0 Å². The van der Waals surface area contributed by atoms with E-state index in [4.69, 9.17) is 0 Å². The summed E-state index contributed by atoms with van der Waals surface area (Å²) in [6.07, 6.45) is 1.15. The van der Waals surface area contributed by atoms with Gasteiger partial charge in [0.2, 0.25) is 0 Å². The molecule has 90 valence electrons. The summed E-state index contributed by atoms with van der Waals surface area (Å²) in [6.45, 7) is 0. The summed E-state index contributed by atoms with van der Waals surface area (Å²) in [5.41, 5.74) is -0.552. The van der Waals surface area contributed by atoms with Gasteiger partial charge in [0.25, 0.3) is 0 Å². The van der Waals surface area contributed by atoms with Gasteiger partial charge in [0.1, 0.15) is 11.6 Å². The van der Waals surface area contributed by atoms with E-state index in [9.17, 15) is 9.59 Å². The van der Waals surface area contributed by atoms with E-state index in [0.717, 1.165) is 6.42 Å². The highest BCUT2D eigenvalue weighted by molar-refractivity contribution is 9.09. The first-order chi connectivity index (χ1) is 8.16. The standard InChI is InChI=1S/C13H12Br2O2/c14-2-12-5-1-4-7-6(5)9(11(12)17)13(7,3-15)10(16)8(4)12/h4-9H,1-3H2. The van der Waals surface area contributed by atoms with Crippen LogP contribution in [0.1, 0.15) is 6.42 Å². The van der Waals surface area contributed by atoms with Gasteiger partial charge in [-0.25, -0.2) is 0 Å². The van der Waals surface area contributed by atoms with Gasteiger partial charge in [0, 0.05) is 22.5 Å². The quantitative estimate of drug-likeness (QED) is 0.707. The van der Waals surface area contributed by atoms with Crippen LogP contribution in [0.5, 0.6) is 0 Å². The Morgan fingerprint density at radius 1 is 1.06 bits per heavy atom. The molecular formula is C13H12Br2O2. The summed E-state index contributed by atoms with van der Waals surface area (Å²) >= 11 is 7.10. The molecule has 0 aromatic rings. The van der Waals surface area contributed by atoms with Gasteiger partial charge in [-0.1, -0.05) is 31.9 Å². The van der Waals surface area contributed by atoms with E-state index in [2.05, 4.69) is 31.9 Å². The third kappa shape index (κ3) is 0.604. The molecule has 5 aliphatic rings. The fourth-order valence-electron chi connectivity index (χ4n) is 6.80. The molecule has 0 radical (unpaired) electrons. The molecule has 0 heterocycles. The summed E-state index contributed by atoms with van der Waals surface area (Å²) in [4.78, 5) is 25.5. The van der Waals surface area contributed by atoms with Crippen LogP contribution in [0.15, 0.2) is 0 Å². The molecule has 0 aromatic heterocycles. The van der Waals surface area contributed by atoms with Gasteiger partial charge in [0.15, 0.2) is 0 Å². The highest BCUT2D eigenvalue weighted by Crippen LogP contribution is 2.88. The van der Waals surface area contributed by atoms with Crippen molar-refractivity contribution < 1.29 is 9.59 Å². The molecule has 0 saturated heterocycles. The highest BCUT2D eigenvalue weighted by atomic mass is 79.9. The van der Waals surface area contributed by atoms with Crippen molar-refractivity contribution >= 4 is 43.4 Å². The van der Waals surface area contributed by atoms with Gasteiger partial charge in [0.05, 0.1) is 10.8 Å². The number of carbonyl (C=O) groups excluding carboxylic acids is 2. The van der Waals surface area contributed by atoms with Crippen molar-refractivity contribution in [2.75, 3.05) is 10.7 Å². The van der Waals surface area contributed by atoms with Gasteiger partial charge in [-0.2, -0.15) is 0 Å². The summed E-state index contributed by atoms with van der Waals surface area (Å²) < 4.78 is 0. The monoisotopic (exact) mass is 358 g/mol. The Kier molecular flexibility index (Phi) is 1.47. The van der Waals surface area contributed by atoms with Crippen molar-refractivity contribution in [3.05, 3.63) is 0 Å². The summed E-state index contributed by atoms with van der Waals surface area (Å²) in [5.74, 6) is 3.18. The maximum atomic E-state index is 12.8. The van der Waals surface area contributed by atoms with Gasteiger partial charge in [-0.3, -0.25) is 9.59 Å². The zero-order valence-corrected chi connectivity index (χ0v) is 12.3. The van der Waals surface area contributed by atoms with Crippen LogP contribution in [0, 0.1) is 46.3 Å². The molecule has 0 amide bonds. The fraction of sp³-hybridized carbons (Fsp3) is 0.846. The van der Waals surface area contributed by atoms with Gasteiger partial charge in [-0.05, 0) is 30.1 Å². The number of ketones is 2. The van der Waals surface area contributed by atoms with Gasteiger partial charge >= 0.3 is 0 Å². The fourth-order valence-corrected chi connectivity index (χ4v) is 8.84. The third-order valence-corrected chi connectivity index (χ3v) is 8.83. The van der Waals surface area contributed by atoms with Crippen LogP contribution in [-0.2, 0) is 9.59 Å². The minimum atomic E-state index is -0.282. The molecule has 17 heavy (non-hydrogen) atoms. The summed E-state index contributed by atoms with van der Waals surface area (Å²) in [5, 5.41) is 1.43. The van der Waals surface area contributed by atoms with Crippen molar-refractivity contribution in [2.24, 2.45) is 46.3 Å². The predicted octanol–water partition coefficient (Wildman–Crippen LogP) is 2.04. The molecule has 5 rings (SSSR count). The number of hydrogen-bond donors (Lipinski definition) is 0. The maximum Gasteiger partial charge on any atom is 0.145 e. The molecule has 0 N–H and O–H groups in total. The van der Waals surface area contributed by atoms with E-state index in [1.807, 2.05) is 0 Å². The predicted molar refractivity (Wildman–Crippen MR) is 68.0 cm³/mol. The number of rotatable bonds is 2. The van der Waals surface area contributed by atoms with Crippen LogP contribution in [0.2, 0.25) is 0 Å². The Hall–Kier alpha value is 0.300. The van der Waals surface area contributed by atoms with Crippen LogP contribution in [0.25, 0.3) is 0 Å². The zero-order chi connectivity index (χ0) is 11.7. The number of halogens is 2. The van der Waals surface area contributed by atoms with Crippen molar-refractivity contribution in [1.29, 1.82) is 0 Å². The molecule has 8 unspecified atom stereocenters. The minimum absolute atomic E-state index is 0.0666. The van der Waals surface area contributed by atoms with E-state index in [-0.39, 0.29) is 22.7 Å². The molecule has 8 atom stereocenters. The molecule has 0 spiro atoms. The van der Waals surface area contributed by atoms with Crippen molar-refractivity contribution in [3.8, 4) is 0 Å². The molecule has 2 bridgehead atoms. The number of Topliss-reactive ketones (excluding diaryl/α,β-unsaturated/α-hetero) is 2. The molecular weight excluding hydrogens is 348 g/mol. The second-order valence-electron chi connectivity index (χ2n) is 6.64. The first-order valence-corrected chi connectivity index (χ1v) is 8.61. The Morgan fingerprint density at radius 2 is 1.71 bits per heavy atom. The average molecular weight is 360 g/mol. The van der Waals surface area contributed by atoms with Crippen LogP contribution < -0.4 is 0 Å². The minimum Gasteiger partial charge on any atom is -0.299 e.